The Hall–Kier alpha value is -3.00. The Labute approximate surface area is 150 Å². The van der Waals surface area contributed by atoms with Crippen molar-refractivity contribution in [3.63, 3.8) is 0 Å². The lowest BCUT2D eigenvalue weighted by molar-refractivity contribution is -0.117. The van der Waals surface area contributed by atoms with Crippen LogP contribution in [0.1, 0.15) is 17.3 Å². The van der Waals surface area contributed by atoms with E-state index in [9.17, 15) is 14.4 Å². The van der Waals surface area contributed by atoms with Crippen molar-refractivity contribution in [3.05, 3.63) is 52.3 Å². The Kier molecular flexibility index (Phi) is 5.43. The van der Waals surface area contributed by atoms with Crippen molar-refractivity contribution in [2.45, 2.75) is 13.5 Å². The first-order valence-corrected chi connectivity index (χ1v) is 8.34. The Morgan fingerprint density at radius 1 is 1.19 bits per heavy atom. The maximum atomic E-state index is 12.3. The molecule has 0 radical (unpaired) electrons. The maximum Gasteiger partial charge on any atom is 0.267 e. The molecule has 0 unspecified atom stereocenters. The summed E-state index contributed by atoms with van der Waals surface area (Å²) < 4.78 is 6.44. The van der Waals surface area contributed by atoms with Gasteiger partial charge < -0.3 is 15.0 Å². The molecular formula is C18H20N4O4. The van der Waals surface area contributed by atoms with E-state index in [2.05, 4.69) is 10.4 Å². The topological polar surface area (TPSA) is 93.5 Å². The van der Waals surface area contributed by atoms with E-state index < -0.39 is 0 Å². The van der Waals surface area contributed by atoms with E-state index >= 15 is 0 Å². The first-order valence-electron chi connectivity index (χ1n) is 8.34. The highest BCUT2D eigenvalue weighted by atomic mass is 16.5. The van der Waals surface area contributed by atoms with Gasteiger partial charge in [-0.2, -0.15) is 5.10 Å². The molecule has 1 amide bonds. The van der Waals surface area contributed by atoms with E-state index in [1.807, 2.05) is 4.90 Å². The van der Waals surface area contributed by atoms with Crippen LogP contribution in [0.15, 0.2) is 41.2 Å². The van der Waals surface area contributed by atoms with Gasteiger partial charge in [0.15, 0.2) is 5.78 Å². The third kappa shape index (κ3) is 4.34. The lowest BCUT2D eigenvalue weighted by Crippen LogP contribution is -2.38. The molecule has 3 rings (SSSR count). The van der Waals surface area contributed by atoms with Gasteiger partial charge in [-0.3, -0.25) is 14.4 Å². The van der Waals surface area contributed by atoms with E-state index in [4.69, 9.17) is 4.74 Å². The molecule has 1 aromatic heterocycles. The summed E-state index contributed by atoms with van der Waals surface area (Å²) in [5.74, 6) is 0.163. The Bertz CT molecular complexity index is 871. The summed E-state index contributed by atoms with van der Waals surface area (Å²) in [6.45, 7) is 3.84. The summed E-state index contributed by atoms with van der Waals surface area (Å²) in [4.78, 5) is 37.7. The molecule has 1 aliphatic heterocycles. The van der Waals surface area contributed by atoms with Crippen LogP contribution in [0, 0.1) is 0 Å². The van der Waals surface area contributed by atoms with Crippen LogP contribution in [0.2, 0.25) is 0 Å². The molecule has 2 aromatic rings. The minimum absolute atomic E-state index is 0.0859. The molecule has 0 bridgehead atoms. The van der Waals surface area contributed by atoms with Crippen molar-refractivity contribution in [3.8, 4) is 0 Å². The number of ketones is 1. The molecule has 136 valence electrons. The number of rotatable bonds is 5. The SMILES string of the molecule is CC(=O)c1cccc(NC(=O)Cn2nc(N3CCOCC3)ccc2=O)c1. The lowest BCUT2D eigenvalue weighted by atomic mass is 10.1. The van der Waals surface area contributed by atoms with Gasteiger partial charge in [-0.1, -0.05) is 12.1 Å². The lowest BCUT2D eigenvalue weighted by Gasteiger charge is -2.27. The number of anilines is 2. The number of hydrogen-bond donors (Lipinski definition) is 1. The number of nitrogens with one attached hydrogen (secondary N) is 1. The van der Waals surface area contributed by atoms with Crippen LogP contribution >= 0.6 is 0 Å². The number of hydrogen-bond acceptors (Lipinski definition) is 6. The summed E-state index contributed by atoms with van der Waals surface area (Å²) in [6, 6.07) is 9.71. The zero-order valence-electron chi connectivity index (χ0n) is 14.5. The minimum atomic E-state index is -0.389. The zero-order chi connectivity index (χ0) is 18.5. The zero-order valence-corrected chi connectivity index (χ0v) is 14.5. The number of ether oxygens (including phenoxy) is 1. The number of amides is 1. The quantitative estimate of drug-likeness (QED) is 0.801. The number of carbonyl (C=O) groups excluding carboxylic acids is 2. The fourth-order valence-electron chi connectivity index (χ4n) is 2.67. The maximum absolute atomic E-state index is 12.3. The fourth-order valence-corrected chi connectivity index (χ4v) is 2.67. The third-order valence-electron chi connectivity index (χ3n) is 4.03. The van der Waals surface area contributed by atoms with Gasteiger partial charge in [0.2, 0.25) is 5.91 Å². The predicted molar refractivity (Wildman–Crippen MR) is 96.6 cm³/mol. The van der Waals surface area contributed by atoms with Gasteiger partial charge in [0.05, 0.1) is 13.2 Å². The van der Waals surface area contributed by atoms with Crippen molar-refractivity contribution in [2.75, 3.05) is 36.5 Å². The highest BCUT2D eigenvalue weighted by molar-refractivity contribution is 5.97. The van der Waals surface area contributed by atoms with E-state index in [-0.39, 0.29) is 23.8 Å². The molecular weight excluding hydrogens is 336 g/mol. The number of morpholine rings is 1. The molecule has 0 atom stereocenters. The summed E-state index contributed by atoms with van der Waals surface area (Å²) in [5, 5.41) is 6.97. The largest absolute Gasteiger partial charge is 0.378 e. The normalized spacial score (nSPS) is 14.1. The molecule has 8 heteroatoms. The molecule has 8 nitrogen and oxygen atoms in total. The van der Waals surface area contributed by atoms with Crippen LogP contribution in [-0.2, 0) is 16.1 Å². The molecule has 0 saturated carbocycles. The van der Waals surface area contributed by atoms with Crippen LogP contribution in [0.25, 0.3) is 0 Å². The van der Waals surface area contributed by atoms with E-state index in [1.165, 1.54) is 13.0 Å². The Balaban J connectivity index is 1.71. The number of aromatic nitrogens is 2. The smallest absolute Gasteiger partial charge is 0.267 e. The van der Waals surface area contributed by atoms with Gasteiger partial charge in [-0.05, 0) is 25.1 Å². The summed E-state index contributed by atoms with van der Waals surface area (Å²) in [5.41, 5.74) is 0.655. The second kappa shape index (κ2) is 7.92. The summed E-state index contributed by atoms with van der Waals surface area (Å²) in [6.07, 6.45) is 0. The third-order valence-corrected chi connectivity index (χ3v) is 4.03. The summed E-state index contributed by atoms with van der Waals surface area (Å²) in [7, 11) is 0. The predicted octanol–water partition coefficient (Wildman–Crippen LogP) is 0.921. The standard InChI is InChI=1S/C18H20N4O4/c1-13(23)14-3-2-4-15(11-14)19-17(24)12-22-18(25)6-5-16(20-22)21-7-9-26-10-8-21/h2-6,11H,7-10,12H2,1H3,(H,19,24). The molecule has 0 spiro atoms. The first kappa shape index (κ1) is 17.8. The van der Waals surface area contributed by atoms with Crippen molar-refractivity contribution < 1.29 is 14.3 Å². The molecule has 1 aromatic carbocycles. The number of benzene rings is 1. The van der Waals surface area contributed by atoms with Crippen LogP contribution in [0.3, 0.4) is 0 Å². The van der Waals surface area contributed by atoms with Crippen molar-refractivity contribution in [1.82, 2.24) is 9.78 Å². The van der Waals surface area contributed by atoms with E-state index in [0.29, 0.717) is 43.4 Å². The first-order chi connectivity index (χ1) is 12.5. The van der Waals surface area contributed by atoms with Gasteiger partial charge >= 0.3 is 0 Å². The molecule has 1 fully saturated rings. The Morgan fingerprint density at radius 3 is 2.69 bits per heavy atom. The number of Topliss-reactive ketones (excluding diaryl/α,β-unsaturated/α-hetero) is 1. The van der Waals surface area contributed by atoms with Gasteiger partial charge in [0.1, 0.15) is 12.4 Å². The highest BCUT2D eigenvalue weighted by Gasteiger charge is 2.14. The van der Waals surface area contributed by atoms with Gasteiger partial charge in [0, 0.05) is 30.4 Å². The number of nitrogens with zero attached hydrogens (tertiary/aromatic N) is 3. The van der Waals surface area contributed by atoms with Crippen molar-refractivity contribution in [2.24, 2.45) is 0 Å². The molecule has 0 aliphatic carbocycles. The average Bonchev–Trinajstić information content (AvgIpc) is 2.64. The van der Waals surface area contributed by atoms with Crippen LogP contribution in [0.5, 0.6) is 0 Å². The molecule has 2 heterocycles. The van der Waals surface area contributed by atoms with Gasteiger partial charge in [-0.25, -0.2) is 4.68 Å². The summed E-state index contributed by atoms with van der Waals surface area (Å²) >= 11 is 0. The molecule has 26 heavy (non-hydrogen) atoms. The monoisotopic (exact) mass is 356 g/mol. The van der Waals surface area contributed by atoms with Crippen LogP contribution in [-0.4, -0.2) is 47.8 Å². The average molecular weight is 356 g/mol. The molecule has 1 aliphatic rings. The second-order valence-corrected chi connectivity index (χ2v) is 5.97. The van der Waals surface area contributed by atoms with Gasteiger partial charge in [0.25, 0.3) is 5.56 Å². The molecule has 1 N–H and O–H groups in total. The number of carbonyl (C=O) groups is 2. The van der Waals surface area contributed by atoms with Crippen molar-refractivity contribution >= 4 is 23.2 Å². The highest BCUT2D eigenvalue weighted by Crippen LogP contribution is 2.12. The minimum Gasteiger partial charge on any atom is -0.378 e. The Morgan fingerprint density at radius 2 is 1.96 bits per heavy atom. The van der Waals surface area contributed by atoms with Gasteiger partial charge in [-0.15, -0.1) is 0 Å². The van der Waals surface area contributed by atoms with Crippen LogP contribution in [0.4, 0.5) is 11.5 Å². The second-order valence-electron chi connectivity index (χ2n) is 5.97. The fraction of sp³-hybridized carbons (Fsp3) is 0.333. The van der Waals surface area contributed by atoms with E-state index in [1.54, 1.807) is 30.3 Å². The van der Waals surface area contributed by atoms with Crippen LogP contribution < -0.4 is 15.8 Å². The van der Waals surface area contributed by atoms with E-state index in [0.717, 1.165) is 4.68 Å². The van der Waals surface area contributed by atoms with Crippen molar-refractivity contribution in [1.29, 1.82) is 0 Å². The molecule has 1 saturated heterocycles.